The quantitative estimate of drug-likeness (QED) is 0.350. The summed E-state index contributed by atoms with van der Waals surface area (Å²) in [6.07, 6.45) is 1.48. The smallest absolute Gasteiger partial charge is 0.323 e. The van der Waals surface area contributed by atoms with E-state index in [-0.39, 0.29) is 6.03 Å². The minimum Gasteiger partial charge on any atom is -0.493 e. The number of anilines is 4. The van der Waals surface area contributed by atoms with E-state index in [2.05, 4.69) is 25.9 Å². The van der Waals surface area contributed by atoms with E-state index in [0.29, 0.717) is 33.7 Å². The number of urea groups is 1. The summed E-state index contributed by atoms with van der Waals surface area (Å²) >= 11 is 6.07. The minimum absolute atomic E-state index is 0.387. The predicted molar refractivity (Wildman–Crippen MR) is 126 cm³/mol. The number of carbonyl (C=O) groups excluding carboxylic acids is 1. The van der Waals surface area contributed by atoms with Crippen LogP contribution in [0.5, 0.6) is 11.5 Å². The summed E-state index contributed by atoms with van der Waals surface area (Å²) in [5, 5.41) is 10.0. The number of nitrogens with zero attached hydrogens (tertiary/aromatic N) is 2. The lowest BCUT2D eigenvalue weighted by molar-refractivity contribution is 0.262. The van der Waals surface area contributed by atoms with Crippen LogP contribution in [-0.2, 0) is 0 Å². The molecule has 2 amide bonds. The molecule has 0 saturated heterocycles. The van der Waals surface area contributed by atoms with Crippen LogP contribution in [0.1, 0.15) is 0 Å². The molecule has 0 unspecified atom stereocenters. The number of halogens is 1. The minimum atomic E-state index is -0.387. The van der Waals surface area contributed by atoms with Crippen LogP contribution in [0.2, 0.25) is 5.02 Å². The molecular formula is C23H20ClN5O3. The summed E-state index contributed by atoms with van der Waals surface area (Å²) in [5.74, 6) is 1.80. The second-order valence-electron chi connectivity index (χ2n) is 6.71. The van der Waals surface area contributed by atoms with Crippen LogP contribution < -0.4 is 25.4 Å². The number of hydrogen-bond donors (Lipinski definition) is 3. The van der Waals surface area contributed by atoms with Crippen molar-refractivity contribution in [2.24, 2.45) is 0 Å². The number of benzene rings is 3. The van der Waals surface area contributed by atoms with Gasteiger partial charge in [0, 0.05) is 22.8 Å². The zero-order valence-electron chi connectivity index (χ0n) is 17.3. The summed E-state index contributed by atoms with van der Waals surface area (Å²) in [5.41, 5.74) is 2.67. The topological polar surface area (TPSA) is 97.4 Å². The molecule has 0 fully saturated rings. The van der Waals surface area contributed by atoms with E-state index in [9.17, 15) is 4.79 Å². The van der Waals surface area contributed by atoms with Crippen LogP contribution in [0.3, 0.4) is 0 Å². The van der Waals surface area contributed by atoms with Gasteiger partial charge in [-0.1, -0.05) is 23.7 Å². The molecule has 0 aliphatic carbocycles. The van der Waals surface area contributed by atoms with E-state index in [4.69, 9.17) is 21.1 Å². The lowest BCUT2D eigenvalue weighted by atomic mass is 10.2. The molecule has 0 radical (unpaired) electrons. The molecule has 0 aliphatic heterocycles. The lowest BCUT2D eigenvalue weighted by Crippen LogP contribution is -2.19. The monoisotopic (exact) mass is 449 g/mol. The Morgan fingerprint density at radius 1 is 0.875 bits per heavy atom. The normalized spacial score (nSPS) is 10.5. The number of nitrogens with one attached hydrogen (secondary N) is 3. The molecule has 0 atom stereocenters. The van der Waals surface area contributed by atoms with Gasteiger partial charge in [0.05, 0.1) is 30.4 Å². The summed E-state index contributed by atoms with van der Waals surface area (Å²) in [4.78, 5) is 20.9. The van der Waals surface area contributed by atoms with E-state index in [0.717, 1.165) is 16.6 Å². The molecule has 8 nitrogen and oxygen atoms in total. The van der Waals surface area contributed by atoms with Crippen LogP contribution in [0.15, 0.2) is 67.0 Å². The third-order valence-electron chi connectivity index (χ3n) is 4.67. The largest absolute Gasteiger partial charge is 0.493 e. The fourth-order valence-electron chi connectivity index (χ4n) is 3.10. The molecule has 162 valence electrons. The van der Waals surface area contributed by atoms with Gasteiger partial charge in [0.15, 0.2) is 11.5 Å². The van der Waals surface area contributed by atoms with Crippen molar-refractivity contribution in [2.75, 3.05) is 30.2 Å². The van der Waals surface area contributed by atoms with Crippen molar-refractivity contribution in [3.05, 3.63) is 72.0 Å². The lowest BCUT2D eigenvalue weighted by Gasteiger charge is -2.13. The number of amides is 2. The molecule has 1 heterocycles. The van der Waals surface area contributed by atoms with E-state index >= 15 is 0 Å². The number of para-hydroxylation sites is 1. The molecule has 1 aromatic heterocycles. The highest BCUT2D eigenvalue weighted by atomic mass is 35.5. The number of carbonyl (C=O) groups is 1. The van der Waals surface area contributed by atoms with Crippen molar-refractivity contribution < 1.29 is 14.3 Å². The Morgan fingerprint density at radius 2 is 1.56 bits per heavy atom. The molecule has 0 saturated carbocycles. The average Bonchev–Trinajstić information content (AvgIpc) is 2.81. The van der Waals surface area contributed by atoms with Gasteiger partial charge in [0.1, 0.15) is 12.1 Å². The van der Waals surface area contributed by atoms with Gasteiger partial charge >= 0.3 is 6.03 Å². The van der Waals surface area contributed by atoms with E-state index in [1.807, 2.05) is 18.2 Å². The zero-order chi connectivity index (χ0) is 22.5. The maximum atomic E-state index is 12.2. The number of hydrogen-bond acceptors (Lipinski definition) is 6. The van der Waals surface area contributed by atoms with Crippen molar-refractivity contribution in [3.8, 4) is 11.5 Å². The van der Waals surface area contributed by atoms with Gasteiger partial charge in [-0.05, 0) is 42.5 Å². The number of ether oxygens (including phenoxy) is 2. The molecule has 32 heavy (non-hydrogen) atoms. The second kappa shape index (κ2) is 9.40. The molecule has 0 spiro atoms. The van der Waals surface area contributed by atoms with Crippen molar-refractivity contribution in [1.29, 1.82) is 0 Å². The number of aromatic nitrogens is 2. The SMILES string of the molecule is COc1cc2ncnc(Nc3ccc(NC(=O)Nc4ccccc4Cl)cc3)c2cc1OC. The van der Waals surface area contributed by atoms with Crippen LogP contribution in [0.4, 0.5) is 27.7 Å². The third kappa shape index (κ3) is 4.65. The number of fused-ring (bicyclic) bond motifs is 1. The van der Waals surface area contributed by atoms with Crippen LogP contribution in [0, 0.1) is 0 Å². The first-order valence-electron chi connectivity index (χ1n) is 9.63. The van der Waals surface area contributed by atoms with Gasteiger partial charge in [0.2, 0.25) is 0 Å². The van der Waals surface area contributed by atoms with Gasteiger partial charge in [-0.15, -0.1) is 0 Å². The zero-order valence-corrected chi connectivity index (χ0v) is 18.1. The molecular weight excluding hydrogens is 430 g/mol. The molecule has 9 heteroatoms. The summed E-state index contributed by atoms with van der Waals surface area (Å²) in [6, 6.07) is 17.5. The van der Waals surface area contributed by atoms with E-state index in [1.54, 1.807) is 56.7 Å². The fourth-order valence-corrected chi connectivity index (χ4v) is 3.29. The van der Waals surface area contributed by atoms with Crippen molar-refractivity contribution in [1.82, 2.24) is 9.97 Å². The Bertz CT molecular complexity index is 1260. The van der Waals surface area contributed by atoms with Crippen molar-refractivity contribution in [3.63, 3.8) is 0 Å². The summed E-state index contributed by atoms with van der Waals surface area (Å²) in [7, 11) is 3.16. The summed E-state index contributed by atoms with van der Waals surface area (Å²) < 4.78 is 10.7. The molecule has 3 aromatic carbocycles. The van der Waals surface area contributed by atoms with Gasteiger partial charge < -0.3 is 25.4 Å². The molecule has 4 rings (SSSR count). The maximum absolute atomic E-state index is 12.2. The fraction of sp³-hybridized carbons (Fsp3) is 0.0870. The Balaban J connectivity index is 1.48. The third-order valence-corrected chi connectivity index (χ3v) is 5.00. The Kier molecular flexibility index (Phi) is 6.23. The van der Waals surface area contributed by atoms with Crippen LogP contribution in [-0.4, -0.2) is 30.2 Å². The average molecular weight is 450 g/mol. The number of rotatable bonds is 6. The highest BCUT2D eigenvalue weighted by Gasteiger charge is 2.11. The first kappa shape index (κ1) is 21.2. The van der Waals surface area contributed by atoms with Crippen LogP contribution in [0.25, 0.3) is 10.9 Å². The molecule has 0 bridgehead atoms. The van der Waals surface area contributed by atoms with E-state index < -0.39 is 0 Å². The maximum Gasteiger partial charge on any atom is 0.323 e. The molecule has 3 N–H and O–H groups in total. The number of methoxy groups -OCH3 is 2. The van der Waals surface area contributed by atoms with Gasteiger partial charge in [0.25, 0.3) is 0 Å². The Morgan fingerprint density at radius 3 is 2.28 bits per heavy atom. The highest BCUT2D eigenvalue weighted by molar-refractivity contribution is 6.33. The standard InChI is InChI=1S/C23H20ClN5O3/c1-31-20-11-16-19(12-21(20)32-2)25-13-26-22(16)27-14-7-9-15(10-8-14)28-23(30)29-18-6-4-3-5-17(18)24/h3-13H,1-2H3,(H,25,26,27)(H2,28,29,30). The first-order chi connectivity index (χ1) is 15.6. The van der Waals surface area contributed by atoms with Gasteiger partial charge in [-0.2, -0.15) is 0 Å². The van der Waals surface area contributed by atoms with E-state index in [1.165, 1.54) is 6.33 Å². The predicted octanol–water partition coefficient (Wildman–Crippen LogP) is 5.69. The summed E-state index contributed by atoms with van der Waals surface area (Å²) in [6.45, 7) is 0. The molecule has 4 aromatic rings. The Hall–Kier alpha value is -4.04. The van der Waals surface area contributed by atoms with Gasteiger partial charge in [-0.3, -0.25) is 0 Å². The van der Waals surface area contributed by atoms with Crippen molar-refractivity contribution in [2.45, 2.75) is 0 Å². The van der Waals surface area contributed by atoms with Gasteiger partial charge in [-0.25, -0.2) is 14.8 Å². The Labute approximate surface area is 189 Å². The van der Waals surface area contributed by atoms with Crippen molar-refractivity contribution >= 4 is 51.4 Å². The second-order valence-corrected chi connectivity index (χ2v) is 7.12. The molecule has 0 aliphatic rings. The highest BCUT2D eigenvalue weighted by Crippen LogP contribution is 2.34. The van der Waals surface area contributed by atoms with Crippen LogP contribution >= 0.6 is 11.6 Å². The first-order valence-corrected chi connectivity index (χ1v) is 10.0.